The Bertz CT molecular complexity index is 1100. The second-order valence-corrected chi connectivity index (χ2v) is 6.41. The van der Waals surface area contributed by atoms with E-state index in [-0.39, 0.29) is 17.5 Å². The zero-order valence-corrected chi connectivity index (χ0v) is 13.9. The summed E-state index contributed by atoms with van der Waals surface area (Å²) < 4.78 is 1.82. The highest BCUT2D eigenvalue weighted by Crippen LogP contribution is 2.37. The predicted molar refractivity (Wildman–Crippen MR) is 96.8 cm³/mol. The second-order valence-electron chi connectivity index (χ2n) is 6.41. The molecule has 1 fully saturated rings. The van der Waals surface area contributed by atoms with Crippen LogP contribution in [-0.4, -0.2) is 14.8 Å². The summed E-state index contributed by atoms with van der Waals surface area (Å²) in [4.78, 5) is 15.1. The van der Waals surface area contributed by atoms with Gasteiger partial charge in [0.15, 0.2) is 5.82 Å². The average molecular weight is 344 g/mol. The molecule has 1 aromatic carbocycles. The molecule has 1 saturated carbocycles. The number of hydrogen-bond acceptors (Lipinski definition) is 5. The van der Waals surface area contributed by atoms with E-state index < -0.39 is 0 Å². The number of aromatic nitrogens is 3. The maximum absolute atomic E-state index is 12.4. The monoisotopic (exact) mass is 344 g/mol. The third-order valence-electron chi connectivity index (χ3n) is 4.87. The molecule has 3 aromatic rings. The summed E-state index contributed by atoms with van der Waals surface area (Å²) in [7, 11) is 0. The van der Waals surface area contributed by atoms with E-state index in [1.54, 1.807) is 30.5 Å². The van der Waals surface area contributed by atoms with E-state index in [1.165, 1.54) is 0 Å². The van der Waals surface area contributed by atoms with E-state index in [9.17, 15) is 10.1 Å². The number of nitriles is 2. The lowest BCUT2D eigenvalue weighted by atomic mass is 10.1. The summed E-state index contributed by atoms with van der Waals surface area (Å²) in [6, 6.07) is 13.2. The number of aromatic amines is 1. The summed E-state index contributed by atoms with van der Waals surface area (Å²) in [5.41, 5.74) is 1.79. The molecule has 2 heterocycles. The van der Waals surface area contributed by atoms with Gasteiger partial charge in [0.25, 0.3) is 5.56 Å². The molecule has 0 bridgehead atoms. The van der Waals surface area contributed by atoms with Gasteiger partial charge < -0.3 is 10.3 Å². The van der Waals surface area contributed by atoms with Crippen LogP contribution in [0.3, 0.4) is 0 Å². The van der Waals surface area contributed by atoms with Crippen LogP contribution in [0.1, 0.15) is 30.9 Å². The number of nitrogens with zero attached hydrogens (tertiary/aromatic N) is 4. The van der Waals surface area contributed by atoms with Crippen LogP contribution in [0.4, 0.5) is 11.5 Å². The lowest BCUT2D eigenvalue weighted by Crippen LogP contribution is -2.14. The SMILES string of the molecule is N#Cc1ccc(Nc2nn([C@H]3CCCC3C#N)c3cc[nH]c(=O)c23)cc1. The van der Waals surface area contributed by atoms with Crippen LogP contribution in [0, 0.1) is 28.6 Å². The van der Waals surface area contributed by atoms with E-state index in [0.29, 0.717) is 16.8 Å². The van der Waals surface area contributed by atoms with Gasteiger partial charge in [-0.2, -0.15) is 15.6 Å². The van der Waals surface area contributed by atoms with E-state index in [2.05, 4.69) is 27.5 Å². The normalized spacial score (nSPS) is 19.2. The van der Waals surface area contributed by atoms with E-state index in [1.807, 2.05) is 10.7 Å². The van der Waals surface area contributed by atoms with Crippen molar-refractivity contribution < 1.29 is 0 Å². The van der Waals surface area contributed by atoms with Crippen LogP contribution >= 0.6 is 0 Å². The van der Waals surface area contributed by atoms with Crippen molar-refractivity contribution in [1.29, 1.82) is 10.5 Å². The number of benzene rings is 1. The first-order chi connectivity index (χ1) is 12.7. The lowest BCUT2D eigenvalue weighted by molar-refractivity contribution is 0.423. The molecule has 2 atom stereocenters. The number of anilines is 2. The largest absolute Gasteiger partial charge is 0.338 e. The maximum Gasteiger partial charge on any atom is 0.261 e. The minimum absolute atomic E-state index is 0.0270. The van der Waals surface area contributed by atoms with Crippen molar-refractivity contribution in [1.82, 2.24) is 14.8 Å². The quantitative estimate of drug-likeness (QED) is 0.758. The van der Waals surface area contributed by atoms with Crippen LogP contribution in [0.25, 0.3) is 10.9 Å². The molecule has 2 aromatic heterocycles. The van der Waals surface area contributed by atoms with Crippen molar-refractivity contribution in [2.24, 2.45) is 5.92 Å². The highest BCUT2D eigenvalue weighted by molar-refractivity contribution is 5.91. The summed E-state index contributed by atoms with van der Waals surface area (Å²) >= 11 is 0. The van der Waals surface area contributed by atoms with Gasteiger partial charge in [-0.05, 0) is 49.6 Å². The number of H-pyrrole nitrogens is 1. The van der Waals surface area contributed by atoms with Crippen molar-refractivity contribution in [2.45, 2.75) is 25.3 Å². The Morgan fingerprint density at radius 1 is 1.19 bits per heavy atom. The second kappa shape index (κ2) is 6.38. The molecule has 7 nitrogen and oxygen atoms in total. The third kappa shape index (κ3) is 2.60. The topological polar surface area (TPSA) is 110 Å². The Kier molecular flexibility index (Phi) is 3.91. The third-order valence-corrected chi connectivity index (χ3v) is 4.87. The smallest absolute Gasteiger partial charge is 0.261 e. The molecule has 26 heavy (non-hydrogen) atoms. The van der Waals surface area contributed by atoms with Gasteiger partial charge in [-0.3, -0.25) is 9.48 Å². The molecule has 1 aliphatic carbocycles. The number of rotatable bonds is 3. The van der Waals surface area contributed by atoms with Gasteiger partial charge in [0.2, 0.25) is 0 Å². The molecule has 0 amide bonds. The molecule has 1 unspecified atom stereocenters. The molecule has 0 aliphatic heterocycles. The highest BCUT2D eigenvalue weighted by atomic mass is 16.1. The Balaban J connectivity index is 1.81. The minimum atomic E-state index is -0.226. The van der Waals surface area contributed by atoms with Crippen molar-refractivity contribution in [3.8, 4) is 12.1 Å². The Morgan fingerprint density at radius 3 is 2.73 bits per heavy atom. The molecule has 0 radical (unpaired) electrons. The van der Waals surface area contributed by atoms with Gasteiger partial charge in [-0.1, -0.05) is 0 Å². The molecule has 7 heteroatoms. The first kappa shape index (κ1) is 15.9. The predicted octanol–water partition coefficient (Wildman–Crippen LogP) is 3.20. The minimum Gasteiger partial charge on any atom is -0.338 e. The first-order valence-electron chi connectivity index (χ1n) is 8.48. The summed E-state index contributed by atoms with van der Waals surface area (Å²) in [6.07, 6.45) is 4.30. The summed E-state index contributed by atoms with van der Waals surface area (Å²) in [5, 5.41) is 26.6. The van der Waals surface area contributed by atoms with Gasteiger partial charge in [-0.15, -0.1) is 0 Å². The molecule has 0 spiro atoms. The number of fused-ring (bicyclic) bond motifs is 1. The van der Waals surface area contributed by atoms with Gasteiger partial charge in [-0.25, -0.2) is 0 Å². The zero-order chi connectivity index (χ0) is 18.1. The van der Waals surface area contributed by atoms with Crippen LogP contribution in [0.2, 0.25) is 0 Å². The molecule has 4 rings (SSSR count). The van der Waals surface area contributed by atoms with Gasteiger partial charge >= 0.3 is 0 Å². The van der Waals surface area contributed by atoms with Crippen molar-refractivity contribution >= 4 is 22.4 Å². The molecule has 0 saturated heterocycles. The van der Waals surface area contributed by atoms with Gasteiger partial charge in [0, 0.05) is 11.9 Å². The molecular weight excluding hydrogens is 328 g/mol. The fraction of sp³-hybridized carbons (Fsp3) is 0.263. The van der Waals surface area contributed by atoms with Crippen LogP contribution < -0.4 is 10.9 Å². The fourth-order valence-corrected chi connectivity index (χ4v) is 3.59. The summed E-state index contributed by atoms with van der Waals surface area (Å²) in [5.74, 6) is 0.357. The van der Waals surface area contributed by atoms with E-state index in [0.717, 1.165) is 30.5 Å². The molecule has 1 aliphatic rings. The van der Waals surface area contributed by atoms with Crippen LogP contribution in [0.5, 0.6) is 0 Å². The lowest BCUT2D eigenvalue weighted by Gasteiger charge is -2.15. The standard InChI is InChI=1S/C19H16N6O/c20-10-12-4-6-14(7-5-12)23-18-17-16(8-9-22-19(17)26)25(24-18)15-3-1-2-13(15)11-21/h4-9,13,15H,1-3H2,(H,22,26)(H,23,24)/t13?,15-/m0/s1. The zero-order valence-electron chi connectivity index (χ0n) is 13.9. The maximum atomic E-state index is 12.4. The van der Waals surface area contributed by atoms with Gasteiger partial charge in [0.05, 0.1) is 35.2 Å². The Morgan fingerprint density at radius 2 is 2.00 bits per heavy atom. The summed E-state index contributed by atoms with van der Waals surface area (Å²) in [6.45, 7) is 0. The molecular formula is C19H16N6O. The van der Waals surface area contributed by atoms with Gasteiger partial charge in [0.1, 0.15) is 5.39 Å². The number of pyridine rings is 1. The Labute approximate surface area is 149 Å². The highest BCUT2D eigenvalue weighted by Gasteiger charge is 2.31. The fourth-order valence-electron chi connectivity index (χ4n) is 3.59. The van der Waals surface area contributed by atoms with Crippen molar-refractivity contribution in [3.63, 3.8) is 0 Å². The van der Waals surface area contributed by atoms with E-state index in [4.69, 9.17) is 5.26 Å². The molecule has 128 valence electrons. The average Bonchev–Trinajstić information content (AvgIpc) is 3.27. The van der Waals surface area contributed by atoms with Crippen molar-refractivity contribution in [3.05, 3.63) is 52.4 Å². The molecule has 2 N–H and O–H groups in total. The van der Waals surface area contributed by atoms with Crippen molar-refractivity contribution in [2.75, 3.05) is 5.32 Å². The first-order valence-corrected chi connectivity index (χ1v) is 8.48. The van der Waals surface area contributed by atoms with E-state index >= 15 is 0 Å². The Hall–Kier alpha value is -3.58. The number of hydrogen-bond donors (Lipinski definition) is 2. The van der Waals surface area contributed by atoms with Crippen LogP contribution in [0.15, 0.2) is 41.3 Å². The number of nitrogens with one attached hydrogen (secondary N) is 2. The van der Waals surface area contributed by atoms with Crippen LogP contribution in [-0.2, 0) is 0 Å².